The fraction of sp³-hybridized carbons (Fsp3) is 0.385. The van der Waals surface area contributed by atoms with Gasteiger partial charge in [-0.1, -0.05) is 13.8 Å². The molecule has 1 aromatic carbocycles. The van der Waals surface area contributed by atoms with Gasteiger partial charge in [-0.3, -0.25) is 14.9 Å². The van der Waals surface area contributed by atoms with Crippen molar-refractivity contribution in [1.82, 2.24) is 15.3 Å². The molecule has 7 nitrogen and oxygen atoms in total. The monoisotopic (exact) mass is 276 g/mol. The Kier molecular flexibility index (Phi) is 3.69. The number of nitrogens with one attached hydrogen (secondary N) is 2. The first-order valence-corrected chi connectivity index (χ1v) is 6.33. The number of nitro groups is 1. The van der Waals surface area contributed by atoms with E-state index in [-0.39, 0.29) is 23.6 Å². The van der Waals surface area contributed by atoms with Crippen LogP contribution in [0.1, 0.15) is 32.6 Å². The Bertz CT molecular complexity index is 663. The predicted octanol–water partition coefficient (Wildman–Crippen LogP) is 2.30. The lowest BCUT2D eigenvalue weighted by Gasteiger charge is -2.13. The van der Waals surface area contributed by atoms with Crippen LogP contribution in [-0.2, 0) is 4.79 Å². The number of nitro benzene ring substituents is 1. The maximum atomic E-state index is 11.6. The molecule has 1 aromatic heterocycles. The summed E-state index contributed by atoms with van der Waals surface area (Å²) in [4.78, 5) is 29.2. The van der Waals surface area contributed by atoms with Gasteiger partial charge >= 0.3 is 0 Å². The van der Waals surface area contributed by atoms with Crippen LogP contribution in [0.2, 0.25) is 0 Å². The fourth-order valence-corrected chi connectivity index (χ4v) is 1.78. The molecule has 0 bridgehead atoms. The maximum absolute atomic E-state index is 11.6. The summed E-state index contributed by atoms with van der Waals surface area (Å²) >= 11 is 0. The molecule has 1 unspecified atom stereocenters. The van der Waals surface area contributed by atoms with Crippen LogP contribution in [0.4, 0.5) is 5.69 Å². The molecule has 0 fully saturated rings. The number of aromatic amines is 1. The highest BCUT2D eigenvalue weighted by atomic mass is 16.6. The zero-order valence-corrected chi connectivity index (χ0v) is 11.5. The number of benzene rings is 1. The van der Waals surface area contributed by atoms with Crippen molar-refractivity contribution >= 4 is 22.6 Å². The highest BCUT2D eigenvalue weighted by Crippen LogP contribution is 2.21. The summed E-state index contributed by atoms with van der Waals surface area (Å²) in [5.74, 6) is 0.404. The smallest absolute Gasteiger partial charge is 0.271 e. The van der Waals surface area contributed by atoms with E-state index >= 15 is 0 Å². The van der Waals surface area contributed by atoms with Gasteiger partial charge in [-0.2, -0.15) is 0 Å². The van der Waals surface area contributed by atoms with Crippen molar-refractivity contribution in [1.29, 1.82) is 0 Å². The SMILES string of the molecule is CC(C)C(=O)NC(C)c1nc2ccc([N+](=O)[O-])cc2[nH]1. The molecule has 2 N–H and O–H groups in total. The highest BCUT2D eigenvalue weighted by molar-refractivity contribution is 5.79. The summed E-state index contributed by atoms with van der Waals surface area (Å²) < 4.78 is 0. The Hall–Kier alpha value is -2.44. The number of fused-ring (bicyclic) bond motifs is 1. The second kappa shape index (κ2) is 5.28. The standard InChI is InChI=1S/C13H16N4O3/c1-7(2)13(18)14-8(3)12-15-10-5-4-9(17(19)20)6-11(10)16-12/h4-8H,1-3H3,(H,14,18)(H,15,16). The number of carbonyl (C=O) groups excluding carboxylic acids is 1. The summed E-state index contributed by atoms with van der Waals surface area (Å²) in [6.45, 7) is 5.43. The van der Waals surface area contributed by atoms with Crippen LogP contribution in [0.5, 0.6) is 0 Å². The molecule has 0 aliphatic heterocycles. The average Bonchev–Trinajstić information content (AvgIpc) is 2.80. The number of rotatable bonds is 4. The van der Waals surface area contributed by atoms with E-state index in [1.807, 2.05) is 20.8 Å². The van der Waals surface area contributed by atoms with Gasteiger partial charge < -0.3 is 10.3 Å². The second-order valence-electron chi connectivity index (χ2n) is 4.97. The summed E-state index contributed by atoms with van der Waals surface area (Å²) in [6.07, 6.45) is 0. The molecule has 20 heavy (non-hydrogen) atoms. The van der Waals surface area contributed by atoms with E-state index in [0.717, 1.165) is 0 Å². The Labute approximate surface area is 115 Å². The summed E-state index contributed by atoms with van der Waals surface area (Å²) in [6, 6.07) is 4.15. The fourth-order valence-electron chi connectivity index (χ4n) is 1.78. The van der Waals surface area contributed by atoms with E-state index in [9.17, 15) is 14.9 Å². The molecule has 2 rings (SSSR count). The van der Waals surface area contributed by atoms with Crippen molar-refractivity contribution in [3.8, 4) is 0 Å². The van der Waals surface area contributed by atoms with Gasteiger partial charge in [-0.15, -0.1) is 0 Å². The molecule has 106 valence electrons. The van der Waals surface area contributed by atoms with Crippen LogP contribution >= 0.6 is 0 Å². The molecule has 7 heteroatoms. The van der Waals surface area contributed by atoms with Crippen molar-refractivity contribution in [3.05, 3.63) is 34.1 Å². The van der Waals surface area contributed by atoms with Crippen molar-refractivity contribution in [2.45, 2.75) is 26.8 Å². The molecule has 0 aliphatic rings. The van der Waals surface area contributed by atoms with Crippen molar-refractivity contribution < 1.29 is 9.72 Å². The Morgan fingerprint density at radius 2 is 2.10 bits per heavy atom. The predicted molar refractivity (Wildman–Crippen MR) is 74.1 cm³/mol. The minimum Gasteiger partial charge on any atom is -0.346 e. The van der Waals surface area contributed by atoms with Crippen LogP contribution in [0.25, 0.3) is 11.0 Å². The van der Waals surface area contributed by atoms with E-state index in [0.29, 0.717) is 16.9 Å². The van der Waals surface area contributed by atoms with Gasteiger partial charge in [0.05, 0.1) is 22.0 Å². The number of hydrogen-bond acceptors (Lipinski definition) is 4. The van der Waals surface area contributed by atoms with Crippen LogP contribution in [0.3, 0.4) is 0 Å². The van der Waals surface area contributed by atoms with Crippen LogP contribution in [0, 0.1) is 16.0 Å². The number of imidazole rings is 1. The third-order valence-corrected chi connectivity index (χ3v) is 2.99. The van der Waals surface area contributed by atoms with Gasteiger partial charge in [-0.05, 0) is 13.0 Å². The molecule has 1 atom stereocenters. The highest BCUT2D eigenvalue weighted by Gasteiger charge is 2.16. The first-order valence-electron chi connectivity index (χ1n) is 6.33. The molecule has 0 aliphatic carbocycles. The Balaban J connectivity index is 2.27. The lowest BCUT2D eigenvalue weighted by atomic mass is 10.2. The Morgan fingerprint density at radius 3 is 2.70 bits per heavy atom. The number of carbonyl (C=O) groups is 1. The lowest BCUT2D eigenvalue weighted by molar-refractivity contribution is -0.384. The van der Waals surface area contributed by atoms with Crippen LogP contribution < -0.4 is 5.32 Å². The first kappa shape index (κ1) is 14.0. The molecule has 0 saturated carbocycles. The zero-order valence-electron chi connectivity index (χ0n) is 11.5. The third kappa shape index (κ3) is 2.76. The van der Waals surface area contributed by atoms with E-state index in [1.54, 1.807) is 6.07 Å². The minimum atomic E-state index is -0.454. The van der Waals surface area contributed by atoms with Gasteiger partial charge in [-0.25, -0.2) is 4.98 Å². The molecule has 1 heterocycles. The van der Waals surface area contributed by atoms with E-state index in [1.165, 1.54) is 12.1 Å². The zero-order chi connectivity index (χ0) is 14.9. The molecule has 0 saturated heterocycles. The summed E-state index contributed by atoms with van der Waals surface area (Å²) in [7, 11) is 0. The first-order chi connectivity index (χ1) is 9.38. The lowest BCUT2D eigenvalue weighted by Crippen LogP contribution is -2.30. The molecular formula is C13H16N4O3. The molecule has 0 spiro atoms. The molecular weight excluding hydrogens is 260 g/mol. The van der Waals surface area contributed by atoms with Gasteiger partial charge in [0, 0.05) is 18.1 Å². The van der Waals surface area contributed by atoms with Crippen molar-refractivity contribution in [2.75, 3.05) is 0 Å². The normalized spacial score (nSPS) is 12.6. The quantitative estimate of drug-likeness (QED) is 0.660. The Morgan fingerprint density at radius 1 is 1.40 bits per heavy atom. The summed E-state index contributed by atoms with van der Waals surface area (Å²) in [5, 5.41) is 13.5. The maximum Gasteiger partial charge on any atom is 0.271 e. The number of non-ortho nitro benzene ring substituents is 1. The van der Waals surface area contributed by atoms with Crippen molar-refractivity contribution in [3.63, 3.8) is 0 Å². The molecule has 0 radical (unpaired) electrons. The number of hydrogen-bond donors (Lipinski definition) is 2. The topological polar surface area (TPSA) is 101 Å². The average molecular weight is 276 g/mol. The second-order valence-corrected chi connectivity index (χ2v) is 4.97. The van der Waals surface area contributed by atoms with Gasteiger partial charge in [0.25, 0.3) is 5.69 Å². The third-order valence-electron chi connectivity index (χ3n) is 2.99. The van der Waals surface area contributed by atoms with Gasteiger partial charge in [0.2, 0.25) is 5.91 Å². The van der Waals surface area contributed by atoms with Crippen molar-refractivity contribution in [2.24, 2.45) is 5.92 Å². The number of amides is 1. The molecule has 1 amide bonds. The number of H-pyrrole nitrogens is 1. The molecule has 2 aromatic rings. The number of nitrogens with zero attached hydrogens (tertiary/aromatic N) is 2. The van der Waals surface area contributed by atoms with Crippen LogP contribution in [-0.4, -0.2) is 20.8 Å². The minimum absolute atomic E-state index is 0.00608. The van der Waals surface area contributed by atoms with E-state index in [4.69, 9.17) is 0 Å². The van der Waals surface area contributed by atoms with E-state index in [2.05, 4.69) is 15.3 Å². The van der Waals surface area contributed by atoms with Crippen LogP contribution in [0.15, 0.2) is 18.2 Å². The van der Waals surface area contributed by atoms with Gasteiger partial charge in [0.15, 0.2) is 0 Å². The number of aromatic nitrogens is 2. The largest absolute Gasteiger partial charge is 0.346 e. The van der Waals surface area contributed by atoms with E-state index < -0.39 is 4.92 Å². The van der Waals surface area contributed by atoms with Gasteiger partial charge in [0.1, 0.15) is 5.82 Å². The summed E-state index contributed by atoms with van der Waals surface area (Å²) in [5.41, 5.74) is 1.22.